The van der Waals surface area contributed by atoms with E-state index in [1.54, 1.807) is 24.3 Å². The number of carbonyl (C=O) groups is 1. The van der Waals surface area contributed by atoms with E-state index >= 15 is 0 Å². The van der Waals surface area contributed by atoms with Gasteiger partial charge in [0.15, 0.2) is 0 Å². The highest BCUT2D eigenvalue weighted by Gasteiger charge is 2.24. The summed E-state index contributed by atoms with van der Waals surface area (Å²) in [4.78, 5) is 25.3. The zero-order chi connectivity index (χ0) is 19.4. The number of morpholine rings is 1. The van der Waals surface area contributed by atoms with Gasteiger partial charge in [-0.1, -0.05) is 17.7 Å². The quantitative estimate of drug-likeness (QED) is 0.620. The van der Waals surface area contributed by atoms with Gasteiger partial charge in [-0.3, -0.25) is 14.9 Å². The van der Waals surface area contributed by atoms with Gasteiger partial charge in [0.1, 0.15) is 11.4 Å². The topological polar surface area (TPSA) is 93.9 Å². The minimum atomic E-state index is -0.482. The number of nitro groups is 1. The van der Waals surface area contributed by atoms with Gasteiger partial charge >= 0.3 is 0 Å². The number of rotatable bonds is 5. The third-order valence-electron chi connectivity index (χ3n) is 4.19. The Hall–Kier alpha value is -2.84. The Kier molecular flexibility index (Phi) is 5.78. The zero-order valence-electron chi connectivity index (χ0n) is 14.6. The fraction of sp³-hybridized carbons (Fsp3) is 0.278. The van der Waals surface area contributed by atoms with Crippen molar-refractivity contribution in [3.63, 3.8) is 0 Å². The molecule has 1 fully saturated rings. The molecule has 27 heavy (non-hydrogen) atoms. The van der Waals surface area contributed by atoms with Crippen LogP contribution in [0.5, 0.6) is 5.75 Å². The molecule has 0 spiro atoms. The van der Waals surface area contributed by atoms with Crippen LogP contribution in [0.1, 0.15) is 10.4 Å². The molecule has 0 radical (unpaired) electrons. The lowest BCUT2D eigenvalue weighted by Crippen LogP contribution is -2.36. The Labute approximate surface area is 160 Å². The number of halogens is 1. The monoisotopic (exact) mass is 391 g/mol. The van der Waals surface area contributed by atoms with Crippen molar-refractivity contribution in [1.82, 2.24) is 0 Å². The largest absolute Gasteiger partial charge is 0.497 e. The summed E-state index contributed by atoms with van der Waals surface area (Å²) < 4.78 is 10.4. The first-order chi connectivity index (χ1) is 13.0. The average molecular weight is 392 g/mol. The molecule has 0 bridgehead atoms. The van der Waals surface area contributed by atoms with Crippen LogP contribution in [-0.4, -0.2) is 44.2 Å². The van der Waals surface area contributed by atoms with Gasteiger partial charge in [-0.05, 0) is 24.3 Å². The zero-order valence-corrected chi connectivity index (χ0v) is 15.4. The molecule has 3 rings (SSSR count). The van der Waals surface area contributed by atoms with Crippen molar-refractivity contribution >= 4 is 34.6 Å². The summed E-state index contributed by atoms with van der Waals surface area (Å²) in [5.41, 5.74) is 0.975. The van der Waals surface area contributed by atoms with Crippen LogP contribution in [0.15, 0.2) is 36.4 Å². The van der Waals surface area contributed by atoms with Gasteiger partial charge in [0.25, 0.3) is 11.6 Å². The third kappa shape index (κ3) is 4.29. The van der Waals surface area contributed by atoms with Crippen LogP contribution in [-0.2, 0) is 4.74 Å². The number of carbonyl (C=O) groups excluding carboxylic acids is 1. The number of hydrogen-bond acceptors (Lipinski definition) is 6. The molecule has 1 N–H and O–H groups in total. The van der Waals surface area contributed by atoms with E-state index in [9.17, 15) is 14.9 Å². The van der Waals surface area contributed by atoms with E-state index in [4.69, 9.17) is 21.1 Å². The SMILES string of the molecule is COc1cccc(C(=O)Nc2cc(N3CCOCC3)c([N+](=O)[O-])cc2Cl)c1. The summed E-state index contributed by atoms with van der Waals surface area (Å²) in [6, 6.07) is 9.45. The molecule has 1 saturated heterocycles. The molecule has 142 valence electrons. The standard InChI is InChI=1S/C18H18ClN3O5/c1-26-13-4-2-3-12(9-13)18(23)20-15-11-16(21-5-7-27-8-6-21)17(22(24)25)10-14(15)19/h2-4,9-11H,5-8H2,1H3,(H,20,23). The number of hydrogen-bond donors (Lipinski definition) is 1. The summed E-state index contributed by atoms with van der Waals surface area (Å²) in [6.45, 7) is 1.99. The number of anilines is 2. The first kappa shape index (κ1) is 18.9. The van der Waals surface area contributed by atoms with E-state index in [0.717, 1.165) is 0 Å². The summed E-state index contributed by atoms with van der Waals surface area (Å²) in [5, 5.41) is 14.2. The normalized spacial score (nSPS) is 13.9. The molecule has 1 amide bonds. The van der Waals surface area contributed by atoms with Crippen molar-refractivity contribution in [2.75, 3.05) is 43.6 Å². The second-order valence-corrected chi connectivity index (χ2v) is 6.27. The number of ether oxygens (including phenoxy) is 2. The van der Waals surface area contributed by atoms with Crippen LogP contribution in [0.3, 0.4) is 0 Å². The van der Waals surface area contributed by atoms with Crippen LogP contribution >= 0.6 is 11.6 Å². The first-order valence-electron chi connectivity index (χ1n) is 8.25. The minimum absolute atomic E-state index is 0.0926. The molecule has 0 atom stereocenters. The fourth-order valence-electron chi connectivity index (χ4n) is 2.81. The lowest BCUT2D eigenvalue weighted by atomic mass is 10.1. The van der Waals surface area contributed by atoms with Crippen LogP contribution in [0.25, 0.3) is 0 Å². The molecule has 2 aromatic rings. The number of amides is 1. The van der Waals surface area contributed by atoms with Gasteiger partial charge in [0, 0.05) is 24.7 Å². The maximum atomic E-state index is 12.5. The average Bonchev–Trinajstić information content (AvgIpc) is 2.69. The Balaban J connectivity index is 1.92. The number of nitrogens with zero attached hydrogens (tertiary/aromatic N) is 2. The molecule has 1 aliphatic rings. The molecule has 0 unspecified atom stereocenters. The van der Waals surface area contributed by atoms with Crippen LogP contribution in [0.4, 0.5) is 17.1 Å². The van der Waals surface area contributed by atoms with Crippen molar-refractivity contribution in [3.05, 3.63) is 57.1 Å². The second-order valence-electron chi connectivity index (χ2n) is 5.86. The van der Waals surface area contributed by atoms with Crippen LogP contribution in [0, 0.1) is 10.1 Å². The van der Waals surface area contributed by atoms with E-state index in [-0.39, 0.29) is 10.7 Å². The van der Waals surface area contributed by atoms with E-state index in [1.807, 2.05) is 4.90 Å². The fourth-order valence-corrected chi connectivity index (χ4v) is 3.01. The summed E-state index contributed by atoms with van der Waals surface area (Å²) >= 11 is 6.19. The van der Waals surface area contributed by atoms with Crippen molar-refractivity contribution in [2.24, 2.45) is 0 Å². The van der Waals surface area contributed by atoms with Gasteiger partial charge in [0.05, 0.1) is 36.0 Å². The molecule has 0 aliphatic carbocycles. The Bertz CT molecular complexity index is 868. The van der Waals surface area contributed by atoms with Gasteiger partial charge < -0.3 is 19.7 Å². The number of benzene rings is 2. The molecule has 1 aliphatic heterocycles. The van der Waals surface area contributed by atoms with Crippen molar-refractivity contribution in [2.45, 2.75) is 0 Å². The smallest absolute Gasteiger partial charge is 0.294 e. The summed E-state index contributed by atoms with van der Waals surface area (Å²) in [5.74, 6) is 0.157. The Morgan fingerprint density at radius 2 is 2.04 bits per heavy atom. The van der Waals surface area contributed by atoms with E-state index in [2.05, 4.69) is 5.32 Å². The molecule has 8 nitrogen and oxygen atoms in total. The highest BCUT2D eigenvalue weighted by Crippen LogP contribution is 2.37. The lowest BCUT2D eigenvalue weighted by molar-refractivity contribution is -0.384. The maximum Gasteiger partial charge on any atom is 0.294 e. The molecule has 0 saturated carbocycles. The highest BCUT2D eigenvalue weighted by molar-refractivity contribution is 6.34. The predicted octanol–water partition coefficient (Wildman–Crippen LogP) is 3.35. The van der Waals surface area contributed by atoms with Crippen LogP contribution < -0.4 is 15.0 Å². The van der Waals surface area contributed by atoms with Crippen LogP contribution in [0.2, 0.25) is 5.02 Å². The molecule has 0 aromatic heterocycles. The van der Waals surface area contributed by atoms with Gasteiger partial charge in [-0.2, -0.15) is 0 Å². The number of nitro benzene ring substituents is 1. The van der Waals surface area contributed by atoms with Gasteiger partial charge in [-0.15, -0.1) is 0 Å². The highest BCUT2D eigenvalue weighted by atomic mass is 35.5. The second kappa shape index (κ2) is 8.24. The van der Waals surface area contributed by atoms with Gasteiger partial charge in [0.2, 0.25) is 0 Å². The summed E-state index contributed by atoms with van der Waals surface area (Å²) in [7, 11) is 1.51. The van der Waals surface area contributed by atoms with E-state index in [0.29, 0.717) is 49.0 Å². The van der Waals surface area contributed by atoms with Crippen molar-refractivity contribution in [1.29, 1.82) is 0 Å². The summed E-state index contributed by atoms with van der Waals surface area (Å²) in [6.07, 6.45) is 0. The van der Waals surface area contributed by atoms with E-state index < -0.39 is 10.8 Å². The first-order valence-corrected chi connectivity index (χ1v) is 8.63. The third-order valence-corrected chi connectivity index (χ3v) is 4.51. The lowest BCUT2D eigenvalue weighted by Gasteiger charge is -2.29. The predicted molar refractivity (Wildman–Crippen MR) is 102 cm³/mol. The van der Waals surface area contributed by atoms with Crippen molar-refractivity contribution in [3.8, 4) is 5.75 Å². The molecular formula is C18H18ClN3O5. The Morgan fingerprint density at radius 3 is 2.70 bits per heavy atom. The van der Waals surface area contributed by atoms with E-state index in [1.165, 1.54) is 19.2 Å². The Morgan fingerprint density at radius 1 is 1.30 bits per heavy atom. The maximum absolute atomic E-state index is 12.5. The number of nitrogens with one attached hydrogen (secondary N) is 1. The minimum Gasteiger partial charge on any atom is -0.497 e. The molecule has 2 aromatic carbocycles. The molecule has 9 heteroatoms. The number of methoxy groups -OCH3 is 1. The molecule has 1 heterocycles. The molecular weight excluding hydrogens is 374 g/mol. The van der Waals surface area contributed by atoms with Gasteiger partial charge in [-0.25, -0.2) is 0 Å². The van der Waals surface area contributed by atoms with Crippen molar-refractivity contribution < 1.29 is 19.2 Å².